The second-order valence-corrected chi connectivity index (χ2v) is 6.02. The van der Waals surface area contributed by atoms with Gasteiger partial charge in [0.05, 0.1) is 11.3 Å². The van der Waals surface area contributed by atoms with E-state index in [1.165, 1.54) is 6.07 Å². The summed E-state index contributed by atoms with van der Waals surface area (Å²) in [6.07, 6.45) is -4.43. The van der Waals surface area contributed by atoms with E-state index in [0.29, 0.717) is 12.0 Å². The molecule has 1 N–H and O–H groups in total. The molecule has 6 heteroatoms. The van der Waals surface area contributed by atoms with Crippen molar-refractivity contribution in [3.63, 3.8) is 0 Å². The molecule has 0 unspecified atom stereocenters. The van der Waals surface area contributed by atoms with Gasteiger partial charge in [0.15, 0.2) is 0 Å². The van der Waals surface area contributed by atoms with Crippen LogP contribution in [0.25, 0.3) is 11.3 Å². The molecule has 2 aromatic carbocycles. The fraction of sp³-hybridized carbons (Fsp3) is 0.143. The summed E-state index contributed by atoms with van der Waals surface area (Å²) in [7, 11) is 0. The van der Waals surface area contributed by atoms with Crippen LogP contribution in [0.1, 0.15) is 22.3 Å². The summed E-state index contributed by atoms with van der Waals surface area (Å²) in [6.45, 7) is 0. The fourth-order valence-electron chi connectivity index (χ4n) is 3.08. The Morgan fingerprint density at radius 2 is 1.52 bits per heavy atom. The second kappa shape index (κ2) is 7.50. The molecule has 1 aromatic heterocycles. The molecule has 0 aliphatic carbocycles. The Balaban J connectivity index is 2.23. The molecule has 3 rings (SSSR count). The van der Waals surface area contributed by atoms with Gasteiger partial charge >= 0.3 is 6.18 Å². The van der Waals surface area contributed by atoms with E-state index < -0.39 is 22.9 Å². The summed E-state index contributed by atoms with van der Waals surface area (Å²) in [5.74, 6) is 0. The molecule has 0 spiro atoms. The monoisotopic (exact) mass is 368 g/mol. The number of nitrogens with one attached hydrogen (secondary N) is 1. The molecule has 136 valence electrons. The van der Waals surface area contributed by atoms with Gasteiger partial charge in [0.25, 0.3) is 5.56 Å². The number of aromatic nitrogens is 1. The maximum absolute atomic E-state index is 13.8. The van der Waals surface area contributed by atoms with Crippen LogP contribution in [0.5, 0.6) is 0 Å². The average Bonchev–Trinajstić information content (AvgIpc) is 2.67. The van der Waals surface area contributed by atoms with Crippen LogP contribution < -0.4 is 5.56 Å². The van der Waals surface area contributed by atoms with E-state index in [1.54, 1.807) is 30.3 Å². The Kier molecular flexibility index (Phi) is 5.13. The van der Waals surface area contributed by atoms with Crippen molar-refractivity contribution in [2.45, 2.75) is 19.0 Å². The largest absolute Gasteiger partial charge is 0.418 e. The number of rotatable bonds is 4. The van der Waals surface area contributed by atoms with E-state index in [9.17, 15) is 18.0 Å². The number of halogens is 3. The van der Waals surface area contributed by atoms with Crippen LogP contribution in [0.15, 0.2) is 65.5 Å². The third-order valence-corrected chi connectivity index (χ3v) is 4.28. The Morgan fingerprint density at radius 3 is 2.07 bits per heavy atom. The molecule has 0 saturated carbocycles. The molecule has 0 fully saturated rings. The number of hydrogen-bond acceptors (Lipinski definition) is 2. The third-order valence-electron chi connectivity index (χ3n) is 4.28. The van der Waals surface area contributed by atoms with Gasteiger partial charge in [0.2, 0.25) is 0 Å². The minimum absolute atomic E-state index is 0.0363. The first kappa shape index (κ1) is 18.5. The first-order valence-corrected chi connectivity index (χ1v) is 8.27. The molecule has 0 atom stereocenters. The molecule has 0 saturated heterocycles. The fourth-order valence-corrected chi connectivity index (χ4v) is 3.08. The molecule has 3 aromatic rings. The van der Waals surface area contributed by atoms with E-state index in [0.717, 1.165) is 5.56 Å². The Hall–Kier alpha value is -3.33. The van der Waals surface area contributed by atoms with Crippen LogP contribution in [0, 0.1) is 11.3 Å². The number of nitrogens with zero attached hydrogens (tertiary/aromatic N) is 1. The van der Waals surface area contributed by atoms with E-state index in [1.807, 2.05) is 30.3 Å². The van der Waals surface area contributed by atoms with Crippen molar-refractivity contribution in [2.24, 2.45) is 0 Å². The van der Waals surface area contributed by atoms with Crippen molar-refractivity contribution < 1.29 is 13.2 Å². The highest BCUT2D eigenvalue weighted by Crippen LogP contribution is 2.37. The number of aryl methyl sites for hydroxylation is 1. The van der Waals surface area contributed by atoms with Crippen LogP contribution in [-0.4, -0.2) is 4.98 Å². The van der Waals surface area contributed by atoms with Crippen LogP contribution >= 0.6 is 0 Å². The summed E-state index contributed by atoms with van der Waals surface area (Å²) in [5.41, 5.74) is -1.72. The number of benzene rings is 2. The summed E-state index contributed by atoms with van der Waals surface area (Å²) < 4.78 is 41.4. The third kappa shape index (κ3) is 3.93. The summed E-state index contributed by atoms with van der Waals surface area (Å²) in [5, 5.41) is 9.16. The predicted octanol–water partition coefficient (Wildman–Crippen LogP) is 4.72. The van der Waals surface area contributed by atoms with Crippen molar-refractivity contribution >= 4 is 0 Å². The zero-order valence-electron chi connectivity index (χ0n) is 14.2. The molecular formula is C21H15F3N2O. The van der Waals surface area contributed by atoms with Crippen molar-refractivity contribution in [2.75, 3.05) is 0 Å². The standard InChI is InChI=1S/C21H15F3N2O/c22-21(23,24)18-16(12-11-14-7-3-1-4-8-14)19(15-9-5-2-6-10-15)26-20(27)17(18)13-25/h1-10H,11-12H2,(H,26,27). The van der Waals surface area contributed by atoms with Gasteiger partial charge < -0.3 is 4.98 Å². The topological polar surface area (TPSA) is 56.6 Å². The smallest absolute Gasteiger partial charge is 0.321 e. The maximum Gasteiger partial charge on any atom is 0.418 e. The minimum atomic E-state index is -4.81. The van der Waals surface area contributed by atoms with Crippen molar-refractivity contribution in [3.05, 3.63) is 93.3 Å². The Morgan fingerprint density at radius 1 is 0.926 bits per heavy atom. The summed E-state index contributed by atoms with van der Waals surface area (Å²) in [4.78, 5) is 14.6. The predicted molar refractivity (Wildman–Crippen MR) is 96.1 cm³/mol. The summed E-state index contributed by atoms with van der Waals surface area (Å²) in [6, 6.07) is 18.9. The number of alkyl halides is 3. The van der Waals surface area contributed by atoms with Gasteiger partial charge in [-0.05, 0) is 29.5 Å². The van der Waals surface area contributed by atoms with Gasteiger partial charge in [0.1, 0.15) is 11.6 Å². The maximum atomic E-state index is 13.8. The molecule has 3 nitrogen and oxygen atoms in total. The highest BCUT2D eigenvalue weighted by atomic mass is 19.4. The van der Waals surface area contributed by atoms with E-state index in [-0.39, 0.29) is 17.7 Å². The Bertz CT molecular complexity index is 1030. The lowest BCUT2D eigenvalue weighted by atomic mass is 9.92. The zero-order chi connectivity index (χ0) is 19.4. The van der Waals surface area contributed by atoms with Gasteiger partial charge in [0, 0.05) is 0 Å². The van der Waals surface area contributed by atoms with Gasteiger partial charge in [-0.3, -0.25) is 4.79 Å². The number of nitriles is 1. The zero-order valence-corrected chi connectivity index (χ0v) is 14.2. The lowest BCUT2D eigenvalue weighted by molar-refractivity contribution is -0.138. The molecule has 0 aliphatic heterocycles. The molecular weight excluding hydrogens is 353 g/mol. The molecule has 1 heterocycles. The Labute approximate surface area is 153 Å². The molecule has 0 radical (unpaired) electrons. The molecule has 0 amide bonds. The van der Waals surface area contributed by atoms with Crippen LogP contribution in [-0.2, 0) is 19.0 Å². The van der Waals surface area contributed by atoms with Crippen molar-refractivity contribution in [1.29, 1.82) is 5.26 Å². The SMILES string of the molecule is N#Cc1c(C(F)(F)F)c(CCc2ccccc2)c(-c2ccccc2)[nH]c1=O. The lowest BCUT2D eigenvalue weighted by Crippen LogP contribution is -2.23. The van der Waals surface area contributed by atoms with E-state index >= 15 is 0 Å². The normalized spacial score (nSPS) is 11.2. The quantitative estimate of drug-likeness (QED) is 0.725. The van der Waals surface area contributed by atoms with Crippen LogP contribution in [0.2, 0.25) is 0 Å². The second-order valence-electron chi connectivity index (χ2n) is 6.02. The number of pyridine rings is 1. The van der Waals surface area contributed by atoms with Gasteiger partial charge in [-0.15, -0.1) is 0 Å². The number of aromatic amines is 1. The van der Waals surface area contributed by atoms with Crippen LogP contribution in [0.3, 0.4) is 0 Å². The minimum Gasteiger partial charge on any atom is -0.321 e. The average molecular weight is 368 g/mol. The number of H-pyrrole nitrogens is 1. The first-order chi connectivity index (χ1) is 12.9. The van der Waals surface area contributed by atoms with Gasteiger partial charge in [-0.1, -0.05) is 60.7 Å². The van der Waals surface area contributed by atoms with Crippen molar-refractivity contribution in [1.82, 2.24) is 4.98 Å². The van der Waals surface area contributed by atoms with E-state index in [4.69, 9.17) is 5.26 Å². The first-order valence-electron chi connectivity index (χ1n) is 8.27. The number of hydrogen-bond donors (Lipinski definition) is 1. The summed E-state index contributed by atoms with van der Waals surface area (Å²) >= 11 is 0. The molecule has 0 aliphatic rings. The van der Waals surface area contributed by atoms with Gasteiger partial charge in [-0.2, -0.15) is 18.4 Å². The van der Waals surface area contributed by atoms with Gasteiger partial charge in [-0.25, -0.2) is 0 Å². The highest BCUT2D eigenvalue weighted by Gasteiger charge is 2.39. The lowest BCUT2D eigenvalue weighted by Gasteiger charge is -2.18. The molecule has 0 bridgehead atoms. The molecule has 27 heavy (non-hydrogen) atoms. The van der Waals surface area contributed by atoms with Crippen LogP contribution in [0.4, 0.5) is 13.2 Å². The van der Waals surface area contributed by atoms with Crippen molar-refractivity contribution in [3.8, 4) is 17.3 Å². The van der Waals surface area contributed by atoms with E-state index in [2.05, 4.69) is 4.98 Å². The highest BCUT2D eigenvalue weighted by molar-refractivity contribution is 5.66.